The van der Waals surface area contributed by atoms with E-state index in [1.54, 1.807) is 30.3 Å². The number of hydrogen-bond acceptors (Lipinski definition) is 4. The molecule has 4 rings (SSSR count). The molecule has 32 heavy (non-hydrogen) atoms. The maximum Gasteiger partial charge on any atom is 0.262 e. The zero-order valence-corrected chi connectivity index (χ0v) is 19.5. The Kier molecular flexibility index (Phi) is 5.86. The standard InChI is InChI=1S/C25H29N3O3S/c1-25(2,3)24(29)26-18-10-12-19(13-11-18)27-32(30,31)23-15-14-22(28-16-6-7-17-28)20-8-4-5-9-21(20)23/h4-5,8-15,27H,6-7,16-17H2,1-3H3,(H,26,29). The molecule has 2 N–H and O–H groups in total. The van der Waals surface area contributed by atoms with Gasteiger partial charge in [-0.2, -0.15) is 0 Å². The van der Waals surface area contributed by atoms with Crippen LogP contribution in [0, 0.1) is 5.41 Å². The molecule has 0 bridgehead atoms. The lowest BCUT2D eigenvalue weighted by Crippen LogP contribution is -2.27. The van der Waals surface area contributed by atoms with Gasteiger partial charge in [-0.05, 0) is 49.2 Å². The molecule has 0 radical (unpaired) electrons. The number of fused-ring (bicyclic) bond motifs is 1. The Bertz CT molecular complexity index is 1240. The summed E-state index contributed by atoms with van der Waals surface area (Å²) < 4.78 is 29.2. The number of benzene rings is 3. The first-order valence-corrected chi connectivity index (χ1v) is 12.3. The van der Waals surface area contributed by atoms with Gasteiger partial charge in [-0.15, -0.1) is 0 Å². The van der Waals surface area contributed by atoms with Crippen LogP contribution in [0.4, 0.5) is 17.1 Å². The fraction of sp³-hybridized carbons (Fsp3) is 0.320. The molecule has 1 aliphatic heterocycles. The van der Waals surface area contributed by atoms with Crippen LogP contribution in [0.15, 0.2) is 65.6 Å². The van der Waals surface area contributed by atoms with Crippen LogP contribution in [0.2, 0.25) is 0 Å². The fourth-order valence-corrected chi connectivity index (χ4v) is 5.15. The third kappa shape index (κ3) is 4.58. The number of amides is 1. The molecule has 1 amide bonds. The molecule has 3 aromatic carbocycles. The highest BCUT2D eigenvalue weighted by Gasteiger charge is 2.23. The van der Waals surface area contributed by atoms with Gasteiger partial charge in [-0.1, -0.05) is 45.0 Å². The van der Waals surface area contributed by atoms with E-state index < -0.39 is 15.4 Å². The predicted octanol–water partition coefficient (Wildman–Crippen LogP) is 5.23. The van der Waals surface area contributed by atoms with Crippen molar-refractivity contribution in [2.45, 2.75) is 38.5 Å². The van der Waals surface area contributed by atoms with Crippen molar-refractivity contribution in [1.29, 1.82) is 0 Å². The van der Waals surface area contributed by atoms with Gasteiger partial charge in [0.1, 0.15) is 0 Å². The predicted molar refractivity (Wildman–Crippen MR) is 131 cm³/mol. The summed E-state index contributed by atoms with van der Waals surface area (Å²) in [5.41, 5.74) is 1.62. The van der Waals surface area contributed by atoms with Crippen molar-refractivity contribution in [2.24, 2.45) is 5.41 Å². The number of hydrogen-bond donors (Lipinski definition) is 2. The summed E-state index contributed by atoms with van der Waals surface area (Å²) in [5.74, 6) is -0.101. The largest absolute Gasteiger partial charge is 0.371 e. The second kappa shape index (κ2) is 8.47. The molecular weight excluding hydrogens is 422 g/mol. The van der Waals surface area contributed by atoms with Crippen LogP contribution in [0.25, 0.3) is 10.8 Å². The van der Waals surface area contributed by atoms with E-state index in [1.165, 1.54) is 0 Å². The summed E-state index contributed by atoms with van der Waals surface area (Å²) in [6.45, 7) is 7.50. The molecule has 0 atom stereocenters. The summed E-state index contributed by atoms with van der Waals surface area (Å²) in [6, 6.07) is 17.9. The molecule has 1 heterocycles. The molecule has 0 spiro atoms. The van der Waals surface area contributed by atoms with Gasteiger partial charge >= 0.3 is 0 Å². The second-order valence-electron chi connectivity index (χ2n) is 9.21. The van der Waals surface area contributed by atoms with Gasteiger partial charge in [-0.25, -0.2) is 8.42 Å². The summed E-state index contributed by atoms with van der Waals surface area (Å²) >= 11 is 0. The maximum absolute atomic E-state index is 13.2. The summed E-state index contributed by atoms with van der Waals surface area (Å²) in [7, 11) is -3.80. The number of anilines is 3. The number of sulfonamides is 1. The van der Waals surface area contributed by atoms with E-state index in [-0.39, 0.29) is 10.8 Å². The van der Waals surface area contributed by atoms with Crippen molar-refractivity contribution in [2.75, 3.05) is 28.0 Å². The van der Waals surface area contributed by atoms with Gasteiger partial charge in [0.15, 0.2) is 0 Å². The number of nitrogens with zero attached hydrogens (tertiary/aromatic N) is 1. The Labute approximate surface area is 189 Å². The summed E-state index contributed by atoms with van der Waals surface area (Å²) in [4.78, 5) is 14.7. The molecular formula is C25H29N3O3S. The van der Waals surface area contributed by atoms with E-state index in [2.05, 4.69) is 14.9 Å². The third-order valence-corrected chi connectivity index (χ3v) is 7.11. The van der Waals surface area contributed by atoms with Crippen LogP contribution < -0.4 is 14.9 Å². The van der Waals surface area contributed by atoms with E-state index in [0.717, 1.165) is 37.0 Å². The first-order valence-electron chi connectivity index (χ1n) is 10.9. The summed E-state index contributed by atoms with van der Waals surface area (Å²) in [5, 5.41) is 4.49. The fourth-order valence-electron chi connectivity index (χ4n) is 3.87. The molecule has 168 valence electrons. The highest BCUT2D eigenvalue weighted by Crippen LogP contribution is 2.34. The molecule has 6 nitrogen and oxygen atoms in total. The summed E-state index contributed by atoms with van der Waals surface area (Å²) in [6.07, 6.45) is 2.31. The van der Waals surface area contributed by atoms with Crippen LogP contribution in [0.1, 0.15) is 33.6 Å². The minimum Gasteiger partial charge on any atom is -0.371 e. The number of carbonyl (C=O) groups is 1. The van der Waals surface area contributed by atoms with Gasteiger partial charge in [-0.3, -0.25) is 9.52 Å². The van der Waals surface area contributed by atoms with Crippen LogP contribution in [0.3, 0.4) is 0 Å². The molecule has 7 heteroatoms. The van der Waals surface area contributed by atoms with Crippen molar-refractivity contribution < 1.29 is 13.2 Å². The van der Waals surface area contributed by atoms with Gasteiger partial charge in [0.2, 0.25) is 5.91 Å². The van der Waals surface area contributed by atoms with Crippen LogP contribution >= 0.6 is 0 Å². The van der Waals surface area contributed by atoms with E-state index in [9.17, 15) is 13.2 Å². The van der Waals surface area contributed by atoms with Crippen LogP contribution in [-0.2, 0) is 14.8 Å². The minimum absolute atomic E-state index is 0.101. The van der Waals surface area contributed by atoms with Crippen LogP contribution in [-0.4, -0.2) is 27.4 Å². The Morgan fingerprint density at radius 2 is 1.44 bits per heavy atom. The molecule has 0 aliphatic carbocycles. The Morgan fingerprint density at radius 3 is 2.06 bits per heavy atom. The van der Waals surface area contributed by atoms with Gasteiger partial charge in [0, 0.05) is 46.3 Å². The monoisotopic (exact) mass is 451 g/mol. The van der Waals surface area contributed by atoms with Crippen molar-refractivity contribution in [3.63, 3.8) is 0 Å². The van der Waals surface area contributed by atoms with Gasteiger partial charge in [0.05, 0.1) is 4.90 Å². The van der Waals surface area contributed by atoms with Crippen molar-refractivity contribution in [3.8, 4) is 0 Å². The first kappa shape index (κ1) is 22.1. The van der Waals surface area contributed by atoms with E-state index in [0.29, 0.717) is 16.8 Å². The number of rotatable bonds is 5. The van der Waals surface area contributed by atoms with Gasteiger partial charge < -0.3 is 10.2 Å². The average Bonchev–Trinajstić information content (AvgIpc) is 3.28. The lowest BCUT2D eigenvalue weighted by Gasteiger charge is -2.21. The SMILES string of the molecule is CC(C)(C)C(=O)Nc1ccc(NS(=O)(=O)c2ccc(N3CCCC3)c3ccccc23)cc1. The topological polar surface area (TPSA) is 78.5 Å². The molecule has 0 saturated carbocycles. The van der Waals surface area contributed by atoms with Crippen molar-refractivity contribution >= 4 is 43.8 Å². The third-order valence-electron chi connectivity index (χ3n) is 5.67. The quantitative estimate of drug-likeness (QED) is 0.557. The zero-order chi connectivity index (χ0) is 22.9. The lowest BCUT2D eigenvalue weighted by molar-refractivity contribution is -0.123. The second-order valence-corrected chi connectivity index (χ2v) is 10.9. The van der Waals surface area contributed by atoms with Crippen molar-refractivity contribution in [3.05, 3.63) is 60.7 Å². The Hall–Kier alpha value is -3.06. The molecule has 3 aromatic rings. The first-order chi connectivity index (χ1) is 15.1. The molecule has 1 fully saturated rings. The van der Waals surface area contributed by atoms with E-state index >= 15 is 0 Å². The highest BCUT2D eigenvalue weighted by atomic mass is 32.2. The Balaban J connectivity index is 1.60. The molecule has 0 aromatic heterocycles. The number of carbonyl (C=O) groups excluding carboxylic acids is 1. The average molecular weight is 452 g/mol. The van der Waals surface area contributed by atoms with Crippen molar-refractivity contribution in [1.82, 2.24) is 0 Å². The normalized spacial score (nSPS) is 14.5. The van der Waals surface area contributed by atoms with E-state index in [1.807, 2.05) is 51.1 Å². The number of nitrogens with one attached hydrogen (secondary N) is 2. The van der Waals surface area contributed by atoms with Gasteiger partial charge in [0.25, 0.3) is 10.0 Å². The van der Waals surface area contributed by atoms with Crippen LogP contribution in [0.5, 0.6) is 0 Å². The molecule has 1 saturated heterocycles. The minimum atomic E-state index is -3.80. The van der Waals surface area contributed by atoms with E-state index in [4.69, 9.17) is 0 Å². The maximum atomic E-state index is 13.2. The molecule has 1 aliphatic rings. The zero-order valence-electron chi connectivity index (χ0n) is 18.7. The highest BCUT2D eigenvalue weighted by molar-refractivity contribution is 7.93. The lowest BCUT2D eigenvalue weighted by atomic mass is 9.95. The Morgan fingerprint density at radius 1 is 0.844 bits per heavy atom. The smallest absolute Gasteiger partial charge is 0.262 e. The molecule has 0 unspecified atom stereocenters.